The summed E-state index contributed by atoms with van der Waals surface area (Å²) in [5.74, 6) is 0.118. The van der Waals surface area contributed by atoms with Gasteiger partial charge in [-0.2, -0.15) is 9.97 Å². The second-order valence-electron chi connectivity index (χ2n) is 5.94. The van der Waals surface area contributed by atoms with Crippen molar-refractivity contribution in [3.8, 4) is 11.4 Å². The van der Waals surface area contributed by atoms with Gasteiger partial charge in [0.2, 0.25) is 5.28 Å². The van der Waals surface area contributed by atoms with Gasteiger partial charge in [-0.05, 0) is 28.8 Å². The molecule has 0 saturated heterocycles. The van der Waals surface area contributed by atoms with Gasteiger partial charge in [0.15, 0.2) is 17.0 Å². The third kappa shape index (κ3) is 3.32. The molecule has 7 nitrogen and oxygen atoms in total. The van der Waals surface area contributed by atoms with Gasteiger partial charge in [-0.3, -0.25) is 4.98 Å². The summed E-state index contributed by atoms with van der Waals surface area (Å²) in [7, 11) is 0. The van der Waals surface area contributed by atoms with Crippen LogP contribution in [0.5, 0.6) is 0 Å². The molecule has 3 heterocycles. The zero-order valence-electron chi connectivity index (χ0n) is 14.0. The number of aromatic nitrogens is 5. The minimum atomic E-state index is -0.476. The van der Waals surface area contributed by atoms with E-state index in [0.717, 1.165) is 17.3 Å². The number of imidazole rings is 1. The molecule has 136 valence electrons. The third-order valence-electron chi connectivity index (χ3n) is 4.10. The Morgan fingerprint density at radius 3 is 2.52 bits per heavy atom. The molecule has 0 atom stereocenters. The predicted molar refractivity (Wildman–Crippen MR) is 99.4 cm³/mol. The summed E-state index contributed by atoms with van der Waals surface area (Å²) in [6.45, 7) is 0.356. The quantitative estimate of drug-likeness (QED) is 0.524. The summed E-state index contributed by atoms with van der Waals surface area (Å²) in [4.78, 5) is 16.6. The van der Waals surface area contributed by atoms with Crippen molar-refractivity contribution >= 4 is 28.6 Å². The molecule has 27 heavy (non-hydrogen) atoms. The van der Waals surface area contributed by atoms with Gasteiger partial charge < -0.3 is 15.4 Å². The number of nitrogens with zero attached hydrogens (tertiary/aromatic N) is 5. The first kappa shape index (κ1) is 17.3. The molecule has 0 spiro atoms. The molecule has 0 bridgehead atoms. The average Bonchev–Trinajstić information content (AvgIpc) is 3.01. The Bertz CT molecular complexity index is 1130. The highest BCUT2D eigenvalue weighted by molar-refractivity contribution is 6.28. The monoisotopic (exact) mass is 384 g/mol. The molecule has 0 saturated carbocycles. The Hall–Kier alpha value is -3.10. The van der Waals surface area contributed by atoms with Crippen molar-refractivity contribution < 1.29 is 9.50 Å². The molecule has 9 heteroatoms. The smallest absolute Gasteiger partial charge is 0.226 e. The summed E-state index contributed by atoms with van der Waals surface area (Å²) >= 11 is 5.98. The van der Waals surface area contributed by atoms with E-state index >= 15 is 0 Å². The number of aliphatic hydroxyl groups excluding tert-OH is 1. The fourth-order valence-corrected chi connectivity index (χ4v) is 3.00. The number of pyridine rings is 1. The van der Waals surface area contributed by atoms with Crippen LogP contribution in [0.25, 0.3) is 22.6 Å². The summed E-state index contributed by atoms with van der Waals surface area (Å²) in [5, 5.41) is 9.20. The molecule has 4 aromatic rings. The molecule has 3 aromatic heterocycles. The number of hydrogen-bond donors (Lipinski definition) is 2. The molecule has 0 aliphatic rings. The fourth-order valence-electron chi connectivity index (χ4n) is 2.83. The lowest BCUT2D eigenvalue weighted by molar-refractivity contribution is 0.282. The van der Waals surface area contributed by atoms with Crippen molar-refractivity contribution in [1.29, 1.82) is 0 Å². The van der Waals surface area contributed by atoms with E-state index in [-0.39, 0.29) is 17.7 Å². The van der Waals surface area contributed by atoms with Gasteiger partial charge in [0.25, 0.3) is 0 Å². The number of rotatable bonds is 4. The van der Waals surface area contributed by atoms with Gasteiger partial charge in [0, 0.05) is 11.8 Å². The van der Waals surface area contributed by atoms with Gasteiger partial charge >= 0.3 is 0 Å². The summed E-state index contributed by atoms with van der Waals surface area (Å²) in [6, 6.07) is 8.77. The predicted octanol–water partition coefficient (Wildman–Crippen LogP) is 2.80. The topological polar surface area (TPSA) is 103 Å². The number of hydrogen-bond acceptors (Lipinski definition) is 6. The van der Waals surface area contributed by atoms with E-state index in [2.05, 4.69) is 19.9 Å². The maximum Gasteiger partial charge on any atom is 0.226 e. The van der Waals surface area contributed by atoms with Crippen molar-refractivity contribution in [3.63, 3.8) is 0 Å². The highest BCUT2D eigenvalue weighted by Gasteiger charge is 2.18. The standard InChI is InChI=1S/C18H14ClFN6O/c19-18-24-15(21)14-17(25-18)26(8-10-1-3-11(9-27)4-2-10)16(23-14)12-5-13(20)7-22-6-12/h1-7,27H,8-9H2,(H2,21,24,25). The Labute approximate surface area is 158 Å². The summed E-state index contributed by atoms with van der Waals surface area (Å²) in [6.07, 6.45) is 2.63. The van der Waals surface area contributed by atoms with Crippen molar-refractivity contribution in [3.05, 3.63) is 65.0 Å². The van der Waals surface area contributed by atoms with Crippen LogP contribution < -0.4 is 5.73 Å². The maximum atomic E-state index is 13.7. The number of anilines is 1. The van der Waals surface area contributed by atoms with Gasteiger partial charge in [0.05, 0.1) is 19.3 Å². The maximum absolute atomic E-state index is 13.7. The zero-order chi connectivity index (χ0) is 19.0. The SMILES string of the molecule is Nc1nc(Cl)nc2c1nc(-c1cncc(F)c1)n2Cc1ccc(CO)cc1. The molecule has 0 radical (unpaired) electrons. The molecular formula is C18H14ClFN6O. The van der Waals surface area contributed by atoms with E-state index in [1.807, 2.05) is 24.3 Å². The Morgan fingerprint density at radius 1 is 1.07 bits per heavy atom. The molecule has 1 aromatic carbocycles. The highest BCUT2D eigenvalue weighted by atomic mass is 35.5. The van der Waals surface area contributed by atoms with Crippen molar-refractivity contribution in [2.45, 2.75) is 13.2 Å². The number of halogens is 2. The number of benzene rings is 1. The second-order valence-corrected chi connectivity index (χ2v) is 6.28. The average molecular weight is 385 g/mol. The molecule has 0 unspecified atom stereocenters. The van der Waals surface area contributed by atoms with Gasteiger partial charge in [0.1, 0.15) is 11.6 Å². The Morgan fingerprint density at radius 2 is 1.81 bits per heavy atom. The fraction of sp³-hybridized carbons (Fsp3) is 0.111. The Balaban J connectivity index is 1.91. The lowest BCUT2D eigenvalue weighted by Gasteiger charge is -2.09. The van der Waals surface area contributed by atoms with E-state index in [9.17, 15) is 9.50 Å². The van der Waals surface area contributed by atoms with Crippen LogP contribution in [0.15, 0.2) is 42.7 Å². The van der Waals surface area contributed by atoms with Crippen molar-refractivity contribution in [1.82, 2.24) is 24.5 Å². The zero-order valence-corrected chi connectivity index (χ0v) is 14.7. The van der Waals surface area contributed by atoms with E-state index < -0.39 is 5.82 Å². The minimum absolute atomic E-state index is 0.000644. The van der Waals surface area contributed by atoms with E-state index in [1.165, 1.54) is 12.3 Å². The summed E-state index contributed by atoms with van der Waals surface area (Å²) in [5.41, 5.74) is 8.99. The molecule has 3 N–H and O–H groups in total. The first-order chi connectivity index (χ1) is 13.0. The van der Waals surface area contributed by atoms with Gasteiger partial charge in [-0.25, -0.2) is 9.37 Å². The third-order valence-corrected chi connectivity index (χ3v) is 4.27. The lowest BCUT2D eigenvalue weighted by atomic mass is 10.1. The molecule has 0 aliphatic heterocycles. The first-order valence-electron chi connectivity index (χ1n) is 8.04. The minimum Gasteiger partial charge on any atom is -0.392 e. The normalized spacial score (nSPS) is 11.2. The Kier molecular flexibility index (Phi) is 4.43. The largest absolute Gasteiger partial charge is 0.392 e. The number of aliphatic hydroxyl groups is 1. The molecule has 0 amide bonds. The van der Waals surface area contributed by atoms with Gasteiger partial charge in [-0.15, -0.1) is 0 Å². The van der Waals surface area contributed by atoms with E-state index in [0.29, 0.717) is 29.1 Å². The van der Waals surface area contributed by atoms with Crippen LogP contribution in [0.3, 0.4) is 0 Å². The van der Waals surface area contributed by atoms with Crippen molar-refractivity contribution in [2.75, 3.05) is 5.73 Å². The van der Waals surface area contributed by atoms with Crippen molar-refractivity contribution in [2.24, 2.45) is 0 Å². The molecule has 0 aliphatic carbocycles. The number of fused-ring (bicyclic) bond motifs is 1. The molecule has 4 rings (SSSR count). The van der Waals surface area contributed by atoms with Gasteiger partial charge in [-0.1, -0.05) is 24.3 Å². The molecular weight excluding hydrogens is 371 g/mol. The van der Waals surface area contributed by atoms with Crippen LogP contribution in [-0.2, 0) is 13.2 Å². The van der Waals surface area contributed by atoms with Crippen LogP contribution in [-0.4, -0.2) is 29.6 Å². The number of nitrogens with two attached hydrogens (primary N) is 1. The van der Waals surface area contributed by atoms with E-state index in [1.54, 1.807) is 4.57 Å². The first-order valence-corrected chi connectivity index (χ1v) is 8.42. The number of nitrogen functional groups attached to an aromatic ring is 1. The lowest BCUT2D eigenvalue weighted by Crippen LogP contribution is -2.04. The van der Waals surface area contributed by atoms with Crippen LogP contribution in [0.2, 0.25) is 5.28 Å². The van der Waals surface area contributed by atoms with Crippen LogP contribution in [0.4, 0.5) is 10.2 Å². The second kappa shape index (κ2) is 6.90. The molecule has 0 fully saturated rings. The van der Waals surface area contributed by atoms with Crippen LogP contribution in [0, 0.1) is 5.82 Å². The van der Waals surface area contributed by atoms with Crippen LogP contribution in [0.1, 0.15) is 11.1 Å². The van der Waals surface area contributed by atoms with Crippen LogP contribution >= 0.6 is 11.6 Å². The summed E-state index contributed by atoms with van der Waals surface area (Å²) < 4.78 is 15.5. The van der Waals surface area contributed by atoms with E-state index in [4.69, 9.17) is 17.3 Å². The highest BCUT2D eigenvalue weighted by Crippen LogP contribution is 2.28.